The van der Waals surface area contributed by atoms with Crippen molar-refractivity contribution in [1.82, 2.24) is 20.8 Å². The number of aromatic nitrogens is 2. The van der Waals surface area contributed by atoms with Gasteiger partial charge in [0.15, 0.2) is 10.9 Å². The van der Waals surface area contributed by atoms with Gasteiger partial charge in [-0.2, -0.15) is 4.98 Å². The van der Waals surface area contributed by atoms with Gasteiger partial charge < -0.3 is 15.2 Å². The molecule has 0 bridgehead atoms. The molecule has 5 nitrogen and oxygen atoms in total. The van der Waals surface area contributed by atoms with Crippen LogP contribution in [0.1, 0.15) is 25.6 Å². The van der Waals surface area contributed by atoms with E-state index in [0.29, 0.717) is 35.8 Å². The Kier molecular flexibility index (Phi) is 4.48. The van der Waals surface area contributed by atoms with Gasteiger partial charge in [0, 0.05) is 19.0 Å². The Balaban J connectivity index is 2.19. The van der Waals surface area contributed by atoms with Gasteiger partial charge in [0.05, 0.1) is 0 Å². The molecular weight excluding hydrogens is 212 g/mol. The van der Waals surface area contributed by atoms with Gasteiger partial charge >= 0.3 is 0 Å². The fraction of sp³-hybridized carbons (Fsp3) is 0.667. The lowest BCUT2D eigenvalue weighted by Gasteiger charge is -2.11. The maximum Gasteiger partial charge on any atom is 0.228 e. The van der Waals surface area contributed by atoms with Gasteiger partial charge in [0.25, 0.3) is 0 Å². The summed E-state index contributed by atoms with van der Waals surface area (Å²) in [5.74, 6) is 1.29. The van der Waals surface area contributed by atoms with Gasteiger partial charge in [-0.3, -0.25) is 0 Å². The molecule has 0 fully saturated rings. The molecule has 6 heteroatoms. The summed E-state index contributed by atoms with van der Waals surface area (Å²) < 4.78 is 4.96. The highest BCUT2D eigenvalue weighted by molar-refractivity contribution is 7.80. The molecule has 0 atom stereocenters. The van der Waals surface area contributed by atoms with Crippen molar-refractivity contribution in [2.24, 2.45) is 0 Å². The lowest BCUT2D eigenvalue weighted by atomic mass is 10.4. The normalized spacial score (nSPS) is 10.4. The average Bonchev–Trinajstić information content (AvgIpc) is 2.50. The van der Waals surface area contributed by atoms with Crippen LogP contribution in [0.3, 0.4) is 0 Å². The number of rotatable bonds is 4. The second-order valence-corrected chi connectivity index (χ2v) is 3.95. The molecule has 0 saturated carbocycles. The fourth-order valence-electron chi connectivity index (χ4n) is 1.04. The number of thiocarbonyl (C=S) groups is 1. The van der Waals surface area contributed by atoms with E-state index in [-0.39, 0.29) is 0 Å². The molecule has 1 aromatic rings. The summed E-state index contributed by atoms with van der Waals surface area (Å²) in [5, 5.41) is 10.5. The molecule has 1 rings (SSSR count). The smallest absolute Gasteiger partial charge is 0.228 e. The van der Waals surface area contributed by atoms with Gasteiger partial charge in [-0.15, -0.1) is 0 Å². The van der Waals surface area contributed by atoms with Crippen molar-refractivity contribution in [3.8, 4) is 0 Å². The minimum absolute atomic E-state index is 0.343. The quantitative estimate of drug-likeness (QED) is 0.743. The van der Waals surface area contributed by atoms with Gasteiger partial charge in [-0.05, 0) is 33.0 Å². The van der Waals surface area contributed by atoms with Gasteiger partial charge in [0.1, 0.15) is 0 Å². The minimum atomic E-state index is 0.343. The number of nitrogens with one attached hydrogen (secondary N) is 2. The van der Waals surface area contributed by atoms with E-state index in [0.717, 1.165) is 0 Å². The number of hydrogen-bond donors (Lipinski definition) is 2. The Bertz CT molecular complexity index is 324. The highest BCUT2D eigenvalue weighted by Crippen LogP contribution is 1.95. The van der Waals surface area contributed by atoms with E-state index >= 15 is 0 Å². The summed E-state index contributed by atoms with van der Waals surface area (Å²) in [5.41, 5.74) is 0. The highest BCUT2D eigenvalue weighted by atomic mass is 32.1. The van der Waals surface area contributed by atoms with Crippen molar-refractivity contribution in [2.45, 2.75) is 33.2 Å². The van der Waals surface area contributed by atoms with Crippen LogP contribution in [0.5, 0.6) is 0 Å². The summed E-state index contributed by atoms with van der Waals surface area (Å²) in [7, 11) is 0. The predicted octanol–water partition coefficient (Wildman–Crippen LogP) is 0.793. The summed E-state index contributed by atoms with van der Waals surface area (Å²) in [4.78, 5) is 4.09. The summed E-state index contributed by atoms with van der Waals surface area (Å²) >= 11 is 5.06. The number of nitrogens with zero attached hydrogens (tertiary/aromatic N) is 2. The molecule has 2 N–H and O–H groups in total. The van der Waals surface area contributed by atoms with Crippen molar-refractivity contribution in [3.05, 3.63) is 11.7 Å². The summed E-state index contributed by atoms with van der Waals surface area (Å²) in [6.07, 6.45) is 0.681. The maximum atomic E-state index is 5.06. The Morgan fingerprint density at radius 3 is 2.80 bits per heavy atom. The van der Waals surface area contributed by atoms with Crippen LogP contribution in [0.2, 0.25) is 0 Å². The molecule has 15 heavy (non-hydrogen) atoms. The van der Waals surface area contributed by atoms with Crippen LogP contribution < -0.4 is 10.6 Å². The van der Waals surface area contributed by atoms with E-state index in [1.807, 2.05) is 13.8 Å². The molecule has 0 amide bonds. The van der Waals surface area contributed by atoms with Crippen LogP contribution in [-0.2, 0) is 6.42 Å². The Morgan fingerprint density at radius 1 is 1.53 bits per heavy atom. The third-order valence-corrected chi connectivity index (χ3v) is 1.88. The lowest BCUT2D eigenvalue weighted by Crippen LogP contribution is -2.40. The molecule has 0 aliphatic carbocycles. The zero-order valence-corrected chi connectivity index (χ0v) is 10.0. The van der Waals surface area contributed by atoms with E-state index in [9.17, 15) is 0 Å². The van der Waals surface area contributed by atoms with E-state index in [2.05, 4.69) is 20.8 Å². The second kappa shape index (κ2) is 5.65. The standard InChI is InChI=1S/C9H16N4OS/c1-6(2)11-9(15)10-5-4-8-12-7(3)13-14-8/h6H,4-5H2,1-3H3,(H2,10,11,15). The first kappa shape index (κ1) is 11.9. The molecule has 84 valence electrons. The van der Waals surface area contributed by atoms with Crippen LogP contribution in [0.4, 0.5) is 0 Å². The Hall–Kier alpha value is -1.17. The van der Waals surface area contributed by atoms with Gasteiger partial charge in [-0.25, -0.2) is 0 Å². The third-order valence-electron chi connectivity index (χ3n) is 1.61. The minimum Gasteiger partial charge on any atom is -0.362 e. The van der Waals surface area contributed by atoms with E-state index in [4.69, 9.17) is 16.7 Å². The monoisotopic (exact) mass is 228 g/mol. The molecule has 0 spiro atoms. The maximum absolute atomic E-state index is 5.06. The lowest BCUT2D eigenvalue weighted by molar-refractivity contribution is 0.374. The van der Waals surface area contributed by atoms with E-state index in [1.165, 1.54) is 0 Å². The van der Waals surface area contributed by atoms with Crippen molar-refractivity contribution in [2.75, 3.05) is 6.54 Å². The zero-order valence-electron chi connectivity index (χ0n) is 9.20. The molecule has 1 aromatic heterocycles. The number of hydrogen-bond acceptors (Lipinski definition) is 4. The highest BCUT2D eigenvalue weighted by Gasteiger charge is 2.02. The molecular formula is C9H16N4OS. The second-order valence-electron chi connectivity index (χ2n) is 3.54. The fourth-order valence-corrected chi connectivity index (χ4v) is 1.38. The number of aryl methyl sites for hydroxylation is 1. The van der Waals surface area contributed by atoms with Crippen LogP contribution in [0, 0.1) is 6.92 Å². The molecule has 0 aliphatic heterocycles. The SMILES string of the molecule is Cc1noc(CCNC(=S)NC(C)C)n1. The van der Waals surface area contributed by atoms with Crippen molar-refractivity contribution in [1.29, 1.82) is 0 Å². The van der Waals surface area contributed by atoms with Crippen LogP contribution in [-0.4, -0.2) is 27.8 Å². The first-order valence-electron chi connectivity index (χ1n) is 4.91. The van der Waals surface area contributed by atoms with Crippen LogP contribution in [0.25, 0.3) is 0 Å². The zero-order chi connectivity index (χ0) is 11.3. The predicted molar refractivity (Wildman–Crippen MR) is 61.6 cm³/mol. The third kappa shape index (κ3) is 4.73. The topological polar surface area (TPSA) is 63.0 Å². The average molecular weight is 228 g/mol. The Morgan fingerprint density at radius 2 is 2.27 bits per heavy atom. The molecule has 0 aliphatic rings. The van der Waals surface area contributed by atoms with E-state index in [1.54, 1.807) is 6.92 Å². The molecule has 0 unspecified atom stereocenters. The molecule has 0 radical (unpaired) electrons. The Labute approximate surface area is 94.6 Å². The van der Waals surface area contributed by atoms with Crippen LogP contribution in [0.15, 0.2) is 4.52 Å². The van der Waals surface area contributed by atoms with E-state index < -0.39 is 0 Å². The molecule has 0 saturated heterocycles. The van der Waals surface area contributed by atoms with Gasteiger partial charge in [-0.1, -0.05) is 5.16 Å². The van der Waals surface area contributed by atoms with Crippen molar-refractivity contribution >= 4 is 17.3 Å². The summed E-state index contributed by atoms with van der Waals surface area (Å²) in [6.45, 7) is 6.57. The van der Waals surface area contributed by atoms with Crippen molar-refractivity contribution in [3.63, 3.8) is 0 Å². The summed E-state index contributed by atoms with van der Waals surface area (Å²) in [6, 6.07) is 0.343. The van der Waals surface area contributed by atoms with Gasteiger partial charge in [0.2, 0.25) is 5.89 Å². The largest absolute Gasteiger partial charge is 0.362 e. The van der Waals surface area contributed by atoms with Crippen LogP contribution >= 0.6 is 12.2 Å². The first-order valence-corrected chi connectivity index (χ1v) is 5.32. The molecule has 0 aromatic carbocycles. The molecule has 1 heterocycles. The van der Waals surface area contributed by atoms with Crippen molar-refractivity contribution < 1.29 is 4.52 Å². The first-order chi connectivity index (χ1) is 7.08.